The summed E-state index contributed by atoms with van der Waals surface area (Å²) in [7, 11) is 2.64. The molecule has 0 fully saturated rings. The molecule has 0 spiro atoms. The Kier molecular flexibility index (Phi) is 2.62. The molecular weight excluding hydrogens is 119 g/mol. The third-order valence-electron chi connectivity index (χ3n) is 0.705. The van der Waals surface area contributed by atoms with Crippen LogP contribution in [-0.2, 0) is 4.79 Å². The van der Waals surface area contributed by atoms with Crippen molar-refractivity contribution in [2.24, 2.45) is 0 Å². The van der Waals surface area contributed by atoms with Crippen LogP contribution in [0.2, 0.25) is 0 Å². The Labute approximate surface area is 53.1 Å². The molecule has 0 amide bonds. The molecule has 0 bridgehead atoms. The molecule has 1 atom stereocenters. The molecule has 0 aliphatic heterocycles. The van der Waals surface area contributed by atoms with Crippen molar-refractivity contribution in [3.63, 3.8) is 0 Å². The topological polar surface area (TPSA) is 17.1 Å². The van der Waals surface area contributed by atoms with Gasteiger partial charge in [-0.3, -0.25) is 4.79 Å². The van der Waals surface area contributed by atoms with Gasteiger partial charge in [0.05, 0.1) is 0 Å². The predicted octanol–water partition coefficient (Wildman–Crippen LogP) is 1.62. The van der Waals surface area contributed by atoms with Gasteiger partial charge in [0.15, 0.2) is 0 Å². The van der Waals surface area contributed by atoms with Gasteiger partial charge < -0.3 is 0 Å². The van der Waals surface area contributed by atoms with Crippen molar-refractivity contribution >= 4 is 15.0 Å². The minimum Gasteiger partial charge on any atom is -0.300 e. The SMILES string of the molecule is CC(=O)CC(C)(C)P. The standard InChI is InChI=1S/C6H13OP/c1-5(7)4-6(2,3)8/h4,8H2,1-3H3. The molecule has 0 heterocycles. The smallest absolute Gasteiger partial charge is 0.130 e. The van der Waals surface area contributed by atoms with E-state index in [0.29, 0.717) is 6.42 Å². The summed E-state index contributed by atoms with van der Waals surface area (Å²) in [6.45, 7) is 5.67. The lowest BCUT2D eigenvalue weighted by molar-refractivity contribution is -0.117. The van der Waals surface area contributed by atoms with Crippen molar-refractivity contribution in [2.75, 3.05) is 0 Å². The summed E-state index contributed by atoms with van der Waals surface area (Å²) in [4.78, 5) is 10.4. The Morgan fingerprint density at radius 1 is 1.62 bits per heavy atom. The second-order valence-electron chi connectivity index (χ2n) is 2.87. The summed E-state index contributed by atoms with van der Waals surface area (Å²) in [5.41, 5.74) is 0. The van der Waals surface area contributed by atoms with Gasteiger partial charge in [0.25, 0.3) is 0 Å². The highest BCUT2D eigenvalue weighted by Gasteiger charge is 2.11. The number of Topliss-reactive ketones (excluding diaryl/α,β-unsaturated/α-hetero) is 1. The molecule has 0 aromatic carbocycles. The zero-order valence-electron chi connectivity index (χ0n) is 5.69. The number of hydrogen-bond acceptors (Lipinski definition) is 1. The number of carbonyl (C=O) groups excluding carboxylic acids is 1. The van der Waals surface area contributed by atoms with Crippen molar-refractivity contribution in [1.29, 1.82) is 0 Å². The minimum atomic E-state index is 0.0891. The molecule has 1 unspecified atom stereocenters. The zero-order chi connectivity index (χ0) is 6.78. The van der Waals surface area contributed by atoms with E-state index in [1.807, 2.05) is 13.8 Å². The summed E-state index contributed by atoms with van der Waals surface area (Å²) < 4.78 is 0. The normalized spacial score (nSPS) is 11.5. The number of hydrogen-bond donors (Lipinski definition) is 0. The summed E-state index contributed by atoms with van der Waals surface area (Å²) in [5.74, 6) is 0.255. The monoisotopic (exact) mass is 132 g/mol. The van der Waals surface area contributed by atoms with Gasteiger partial charge >= 0.3 is 0 Å². The highest BCUT2D eigenvalue weighted by Crippen LogP contribution is 2.20. The Hall–Kier alpha value is 0.100. The van der Waals surface area contributed by atoms with Crippen LogP contribution >= 0.6 is 9.24 Å². The summed E-state index contributed by atoms with van der Waals surface area (Å²) in [5, 5.41) is 0.0891. The van der Waals surface area contributed by atoms with Gasteiger partial charge in [0.1, 0.15) is 5.78 Å². The molecule has 0 aromatic rings. The van der Waals surface area contributed by atoms with Gasteiger partial charge in [0, 0.05) is 6.42 Å². The van der Waals surface area contributed by atoms with Gasteiger partial charge in [-0.05, 0) is 12.1 Å². The van der Waals surface area contributed by atoms with Crippen molar-refractivity contribution in [2.45, 2.75) is 32.3 Å². The molecule has 8 heavy (non-hydrogen) atoms. The second kappa shape index (κ2) is 2.59. The Balaban J connectivity index is 3.55. The Morgan fingerprint density at radius 3 is 2.00 bits per heavy atom. The van der Waals surface area contributed by atoms with E-state index in [1.165, 1.54) is 0 Å². The van der Waals surface area contributed by atoms with Gasteiger partial charge in [-0.25, -0.2) is 0 Å². The maximum Gasteiger partial charge on any atom is 0.130 e. The van der Waals surface area contributed by atoms with E-state index in [2.05, 4.69) is 9.24 Å². The number of rotatable bonds is 2. The quantitative estimate of drug-likeness (QED) is 0.522. The molecule has 0 N–H and O–H groups in total. The summed E-state index contributed by atoms with van der Waals surface area (Å²) in [6.07, 6.45) is 0.650. The fraction of sp³-hybridized carbons (Fsp3) is 0.833. The molecule has 0 saturated carbocycles. The summed E-state index contributed by atoms with van der Waals surface area (Å²) >= 11 is 0. The van der Waals surface area contributed by atoms with Crippen molar-refractivity contribution in [1.82, 2.24) is 0 Å². The van der Waals surface area contributed by atoms with E-state index in [-0.39, 0.29) is 10.9 Å². The minimum absolute atomic E-state index is 0.0891. The van der Waals surface area contributed by atoms with E-state index >= 15 is 0 Å². The van der Waals surface area contributed by atoms with E-state index in [9.17, 15) is 4.79 Å². The third kappa shape index (κ3) is 6.10. The molecular formula is C6H13OP. The molecule has 0 aromatic heterocycles. The van der Waals surface area contributed by atoms with Crippen LogP contribution in [0, 0.1) is 0 Å². The molecule has 1 nitrogen and oxygen atoms in total. The van der Waals surface area contributed by atoms with Gasteiger partial charge in [-0.2, -0.15) is 0 Å². The lowest BCUT2D eigenvalue weighted by atomic mass is 10.1. The zero-order valence-corrected chi connectivity index (χ0v) is 6.85. The largest absolute Gasteiger partial charge is 0.300 e. The van der Waals surface area contributed by atoms with E-state index in [4.69, 9.17) is 0 Å². The van der Waals surface area contributed by atoms with Crippen LogP contribution in [0.15, 0.2) is 0 Å². The average Bonchev–Trinajstić information content (AvgIpc) is 1.21. The van der Waals surface area contributed by atoms with Crippen LogP contribution in [0.4, 0.5) is 0 Å². The first-order valence-electron chi connectivity index (χ1n) is 2.70. The lowest BCUT2D eigenvalue weighted by Crippen LogP contribution is -2.13. The van der Waals surface area contributed by atoms with E-state index in [1.54, 1.807) is 6.92 Å². The molecule has 0 saturated heterocycles. The van der Waals surface area contributed by atoms with Crippen molar-refractivity contribution in [3.05, 3.63) is 0 Å². The van der Waals surface area contributed by atoms with Gasteiger partial charge in [-0.15, -0.1) is 9.24 Å². The Bertz CT molecular complexity index is 91.2. The predicted molar refractivity (Wildman–Crippen MR) is 39.1 cm³/mol. The highest BCUT2D eigenvalue weighted by molar-refractivity contribution is 7.18. The third-order valence-corrected chi connectivity index (χ3v) is 0.909. The second-order valence-corrected chi connectivity index (χ2v) is 4.43. The first kappa shape index (κ1) is 8.10. The molecule has 2 heteroatoms. The van der Waals surface area contributed by atoms with Crippen molar-refractivity contribution < 1.29 is 4.79 Å². The lowest BCUT2D eigenvalue weighted by Gasteiger charge is -2.14. The van der Waals surface area contributed by atoms with Crippen LogP contribution in [0.5, 0.6) is 0 Å². The molecule has 48 valence electrons. The maximum absolute atomic E-state index is 10.4. The van der Waals surface area contributed by atoms with Crippen LogP contribution in [0.3, 0.4) is 0 Å². The van der Waals surface area contributed by atoms with Crippen LogP contribution in [-0.4, -0.2) is 10.9 Å². The van der Waals surface area contributed by atoms with Crippen molar-refractivity contribution in [3.8, 4) is 0 Å². The number of ketones is 1. The van der Waals surface area contributed by atoms with Gasteiger partial charge in [0.2, 0.25) is 0 Å². The van der Waals surface area contributed by atoms with Gasteiger partial charge in [-0.1, -0.05) is 13.8 Å². The maximum atomic E-state index is 10.4. The Morgan fingerprint density at radius 2 is 2.00 bits per heavy atom. The first-order chi connectivity index (χ1) is 3.42. The average molecular weight is 132 g/mol. The first-order valence-corrected chi connectivity index (χ1v) is 3.28. The molecule has 0 aliphatic rings. The number of carbonyl (C=O) groups is 1. The fourth-order valence-corrected chi connectivity index (χ4v) is 0.929. The molecule has 0 aliphatic carbocycles. The highest BCUT2D eigenvalue weighted by atomic mass is 31.0. The van der Waals surface area contributed by atoms with E-state index < -0.39 is 0 Å². The summed E-state index contributed by atoms with van der Waals surface area (Å²) in [6, 6.07) is 0. The van der Waals surface area contributed by atoms with E-state index in [0.717, 1.165) is 0 Å². The van der Waals surface area contributed by atoms with Crippen LogP contribution < -0.4 is 0 Å². The molecule has 0 rings (SSSR count). The fourth-order valence-electron chi connectivity index (χ4n) is 0.642. The molecule has 0 radical (unpaired) electrons. The van der Waals surface area contributed by atoms with Crippen LogP contribution in [0.25, 0.3) is 0 Å². The van der Waals surface area contributed by atoms with Crippen LogP contribution in [0.1, 0.15) is 27.2 Å².